The number of rotatable bonds is 4. The van der Waals surface area contributed by atoms with E-state index in [0.717, 1.165) is 37.1 Å². The Morgan fingerprint density at radius 3 is 3.09 bits per heavy atom. The molecule has 2 aliphatic rings. The number of benzene rings is 1. The molecule has 0 bridgehead atoms. The third-order valence-corrected chi connectivity index (χ3v) is 5.74. The van der Waals surface area contributed by atoms with Gasteiger partial charge in [0.1, 0.15) is 0 Å². The standard InChI is InChI=1S/C17H20ClN3S/c18-14-3-1-2-13(8-14)16-9-19-6-7-21(16)10-15-11-22-17(20-15)12-4-5-12/h1-3,8,11-12,16,19H,4-7,9-10H2. The van der Waals surface area contributed by atoms with E-state index in [9.17, 15) is 0 Å². The van der Waals surface area contributed by atoms with Gasteiger partial charge in [0.25, 0.3) is 0 Å². The zero-order valence-electron chi connectivity index (χ0n) is 12.5. The van der Waals surface area contributed by atoms with Gasteiger partial charge in [0, 0.05) is 48.5 Å². The van der Waals surface area contributed by atoms with Gasteiger partial charge < -0.3 is 5.32 Å². The Bertz CT molecular complexity index is 653. The van der Waals surface area contributed by atoms with Gasteiger partial charge in [-0.05, 0) is 30.5 Å². The van der Waals surface area contributed by atoms with Crippen LogP contribution in [0.4, 0.5) is 0 Å². The quantitative estimate of drug-likeness (QED) is 0.922. The molecule has 1 saturated heterocycles. The molecule has 22 heavy (non-hydrogen) atoms. The highest BCUT2D eigenvalue weighted by atomic mass is 35.5. The third kappa shape index (κ3) is 3.20. The summed E-state index contributed by atoms with van der Waals surface area (Å²) >= 11 is 8.00. The number of hydrogen-bond donors (Lipinski definition) is 1. The van der Waals surface area contributed by atoms with Crippen molar-refractivity contribution in [2.75, 3.05) is 19.6 Å². The fourth-order valence-electron chi connectivity index (χ4n) is 3.10. The molecule has 0 amide bonds. The van der Waals surface area contributed by atoms with Crippen LogP contribution in [0.3, 0.4) is 0 Å². The molecule has 1 saturated carbocycles. The van der Waals surface area contributed by atoms with Crippen molar-refractivity contribution in [1.29, 1.82) is 0 Å². The fourth-order valence-corrected chi connectivity index (χ4v) is 4.28. The predicted octanol–water partition coefficient (Wildman–Crippen LogP) is 3.82. The van der Waals surface area contributed by atoms with Gasteiger partial charge >= 0.3 is 0 Å². The minimum absolute atomic E-state index is 0.374. The van der Waals surface area contributed by atoms with Crippen LogP contribution in [0.15, 0.2) is 29.6 Å². The van der Waals surface area contributed by atoms with Gasteiger partial charge in [-0.1, -0.05) is 23.7 Å². The van der Waals surface area contributed by atoms with Gasteiger partial charge in [0.15, 0.2) is 0 Å². The Balaban J connectivity index is 1.52. The number of hydrogen-bond acceptors (Lipinski definition) is 4. The summed E-state index contributed by atoms with van der Waals surface area (Å²) in [6.07, 6.45) is 2.65. The Labute approximate surface area is 140 Å². The molecule has 5 heteroatoms. The van der Waals surface area contributed by atoms with Crippen LogP contribution in [0.2, 0.25) is 5.02 Å². The van der Waals surface area contributed by atoms with E-state index in [1.807, 2.05) is 23.5 Å². The van der Waals surface area contributed by atoms with Crippen LogP contribution in [0, 0.1) is 0 Å². The summed E-state index contributed by atoms with van der Waals surface area (Å²) in [5.74, 6) is 0.755. The van der Waals surface area contributed by atoms with Gasteiger partial charge in [-0.3, -0.25) is 4.90 Å². The Hall–Kier alpha value is -0.940. The van der Waals surface area contributed by atoms with E-state index in [4.69, 9.17) is 16.6 Å². The molecule has 0 radical (unpaired) electrons. The lowest BCUT2D eigenvalue weighted by molar-refractivity contribution is 0.152. The molecule has 3 nitrogen and oxygen atoms in total. The molecular formula is C17H20ClN3S. The van der Waals surface area contributed by atoms with Crippen LogP contribution >= 0.6 is 22.9 Å². The van der Waals surface area contributed by atoms with Crippen molar-refractivity contribution < 1.29 is 0 Å². The van der Waals surface area contributed by atoms with Gasteiger partial charge in [-0.15, -0.1) is 11.3 Å². The number of aromatic nitrogens is 1. The second kappa shape index (κ2) is 6.28. The predicted molar refractivity (Wildman–Crippen MR) is 91.6 cm³/mol. The lowest BCUT2D eigenvalue weighted by atomic mass is 10.0. The van der Waals surface area contributed by atoms with E-state index >= 15 is 0 Å². The van der Waals surface area contributed by atoms with E-state index in [1.54, 1.807) is 0 Å². The van der Waals surface area contributed by atoms with E-state index < -0.39 is 0 Å². The summed E-state index contributed by atoms with van der Waals surface area (Å²) in [4.78, 5) is 7.36. The van der Waals surface area contributed by atoms with Gasteiger partial charge in [0.2, 0.25) is 0 Å². The summed E-state index contributed by atoms with van der Waals surface area (Å²) in [5, 5.41) is 7.89. The number of nitrogens with one attached hydrogen (secondary N) is 1. The molecule has 1 unspecified atom stereocenters. The lowest BCUT2D eigenvalue weighted by Crippen LogP contribution is -2.45. The van der Waals surface area contributed by atoms with Crippen molar-refractivity contribution in [1.82, 2.24) is 15.2 Å². The summed E-state index contributed by atoms with van der Waals surface area (Å²) in [7, 11) is 0. The average molecular weight is 334 g/mol. The molecule has 1 aromatic heterocycles. The van der Waals surface area contributed by atoms with Crippen LogP contribution < -0.4 is 5.32 Å². The summed E-state index contributed by atoms with van der Waals surface area (Å²) in [6, 6.07) is 8.61. The Morgan fingerprint density at radius 1 is 1.36 bits per heavy atom. The van der Waals surface area contributed by atoms with Crippen LogP contribution in [0.1, 0.15) is 41.1 Å². The molecule has 2 fully saturated rings. The minimum atomic E-state index is 0.374. The lowest BCUT2D eigenvalue weighted by Gasteiger charge is -2.36. The molecule has 1 aliphatic heterocycles. The Morgan fingerprint density at radius 2 is 2.27 bits per heavy atom. The Kier molecular flexibility index (Phi) is 4.18. The first-order chi connectivity index (χ1) is 10.8. The number of piperazine rings is 1. The highest BCUT2D eigenvalue weighted by Crippen LogP contribution is 2.41. The molecule has 2 aromatic rings. The van der Waals surface area contributed by atoms with Crippen molar-refractivity contribution in [2.45, 2.75) is 31.3 Å². The SMILES string of the molecule is Clc1cccc(C2CNCCN2Cc2csc(C3CC3)n2)c1. The van der Waals surface area contributed by atoms with Gasteiger partial charge in [0.05, 0.1) is 10.7 Å². The van der Waals surface area contributed by atoms with Crippen LogP contribution in [0.25, 0.3) is 0 Å². The van der Waals surface area contributed by atoms with Crippen molar-refractivity contribution in [2.24, 2.45) is 0 Å². The smallest absolute Gasteiger partial charge is 0.0959 e. The molecule has 116 valence electrons. The first-order valence-electron chi connectivity index (χ1n) is 7.94. The molecule has 1 aromatic carbocycles. The van der Waals surface area contributed by atoms with Crippen molar-refractivity contribution in [3.05, 3.63) is 50.9 Å². The van der Waals surface area contributed by atoms with Crippen LogP contribution in [0.5, 0.6) is 0 Å². The maximum atomic E-state index is 6.17. The van der Waals surface area contributed by atoms with Crippen molar-refractivity contribution in [3.8, 4) is 0 Å². The molecular weight excluding hydrogens is 314 g/mol. The van der Waals surface area contributed by atoms with E-state index in [2.05, 4.69) is 27.7 Å². The molecule has 1 atom stereocenters. The first kappa shape index (κ1) is 14.6. The second-order valence-electron chi connectivity index (χ2n) is 6.20. The summed E-state index contributed by atoms with van der Waals surface area (Å²) in [6.45, 7) is 3.99. The molecule has 2 heterocycles. The van der Waals surface area contributed by atoms with E-state index in [-0.39, 0.29) is 0 Å². The maximum absolute atomic E-state index is 6.17. The zero-order chi connectivity index (χ0) is 14.9. The number of halogens is 1. The zero-order valence-corrected chi connectivity index (χ0v) is 14.0. The minimum Gasteiger partial charge on any atom is -0.314 e. The number of thiazole rings is 1. The monoisotopic (exact) mass is 333 g/mol. The topological polar surface area (TPSA) is 28.2 Å². The van der Waals surface area contributed by atoms with E-state index in [1.165, 1.54) is 29.1 Å². The van der Waals surface area contributed by atoms with Gasteiger partial charge in [-0.25, -0.2) is 4.98 Å². The van der Waals surface area contributed by atoms with Crippen LogP contribution in [-0.4, -0.2) is 29.5 Å². The fraction of sp³-hybridized carbons (Fsp3) is 0.471. The van der Waals surface area contributed by atoms with Crippen LogP contribution in [-0.2, 0) is 6.54 Å². The molecule has 1 N–H and O–H groups in total. The molecule has 4 rings (SSSR count). The summed E-state index contributed by atoms with van der Waals surface area (Å²) < 4.78 is 0. The average Bonchev–Trinajstić information content (AvgIpc) is 3.28. The van der Waals surface area contributed by atoms with E-state index in [0.29, 0.717) is 6.04 Å². The first-order valence-corrected chi connectivity index (χ1v) is 9.20. The van der Waals surface area contributed by atoms with Crippen molar-refractivity contribution in [3.63, 3.8) is 0 Å². The molecule has 0 spiro atoms. The van der Waals surface area contributed by atoms with Gasteiger partial charge in [-0.2, -0.15) is 0 Å². The second-order valence-corrected chi connectivity index (χ2v) is 7.52. The van der Waals surface area contributed by atoms with Crippen molar-refractivity contribution >= 4 is 22.9 Å². The normalized spacial score (nSPS) is 22.9. The third-order valence-electron chi connectivity index (χ3n) is 4.45. The summed E-state index contributed by atoms with van der Waals surface area (Å²) in [5.41, 5.74) is 2.51. The molecule has 1 aliphatic carbocycles. The highest BCUT2D eigenvalue weighted by molar-refractivity contribution is 7.09. The number of nitrogens with zero attached hydrogens (tertiary/aromatic N) is 2. The maximum Gasteiger partial charge on any atom is 0.0959 e. The largest absolute Gasteiger partial charge is 0.314 e. The highest BCUT2D eigenvalue weighted by Gasteiger charge is 2.28.